The van der Waals surface area contributed by atoms with E-state index in [-0.39, 0.29) is 12.1 Å². The Bertz CT molecular complexity index is 243. The van der Waals surface area contributed by atoms with Crippen molar-refractivity contribution in [2.45, 2.75) is 59.1 Å². The molecule has 0 fully saturated rings. The standard InChI is InChI=1S/C14H29NO3/c1-7-8-15-14(5,13(16)17-6)9-12(4)18-10-11(2)3/h11-12,15H,7-10H2,1-6H3. The average Bonchev–Trinajstić information content (AvgIpc) is 2.32. The quantitative estimate of drug-likeness (QED) is 0.646. The second kappa shape index (κ2) is 8.48. The van der Waals surface area contributed by atoms with Crippen molar-refractivity contribution in [1.29, 1.82) is 0 Å². The van der Waals surface area contributed by atoms with Gasteiger partial charge in [-0.3, -0.25) is 4.79 Å². The molecule has 0 aromatic heterocycles. The van der Waals surface area contributed by atoms with Crippen LogP contribution in [-0.2, 0) is 14.3 Å². The van der Waals surface area contributed by atoms with Gasteiger partial charge < -0.3 is 14.8 Å². The summed E-state index contributed by atoms with van der Waals surface area (Å²) in [5, 5.41) is 3.26. The van der Waals surface area contributed by atoms with E-state index in [1.807, 2.05) is 13.8 Å². The van der Waals surface area contributed by atoms with Crippen LogP contribution in [0, 0.1) is 5.92 Å². The van der Waals surface area contributed by atoms with Gasteiger partial charge in [-0.1, -0.05) is 20.8 Å². The second-order valence-corrected chi connectivity index (χ2v) is 5.49. The number of carbonyl (C=O) groups excluding carboxylic acids is 1. The van der Waals surface area contributed by atoms with E-state index in [0.29, 0.717) is 18.9 Å². The number of nitrogens with one attached hydrogen (secondary N) is 1. The van der Waals surface area contributed by atoms with E-state index >= 15 is 0 Å². The molecule has 4 nitrogen and oxygen atoms in total. The van der Waals surface area contributed by atoms with Crippen LogP contribution in [0.4, 0.5) is 0 Å². The molecule has 2 unspecified atom stereocenters. The third-order valence-corrected chi connectivity index (χ3v) is 2.81. The molecule has 0 saturated heterocycles. The lowest BCUT2D eigenvalue weighted by Crippen LogP contribution is -2.52. The lowest BCUT2D eigenvalue weighted by molar-refractivity contribution is -0.149. The van der Waals surface area contributed by atoms with Crippen LogP contribution in [0.5, 0.6) is 0 Å². The molecule has 0 spiro atoms. The predicted molar refractivity (Wildman–Crippen MR) is 73.6 cm³/mol. The van der Waals surface area contributed by atoms with Gasteiger partial charge >= 0.3 is 5.97 Å². The third-order valence-electron chi connectivity index (χ3n) is 2.81. The van der Waals surface area contributed by atoms with E-state index in [1.165, 1.54) is 7.11 Å². The maximum Gasteiger partial charge on any atom is 0.325 e. The molecule has 0 saturated carbocycles. The molecule has 0 aliphatic carbocycles. The molecule has 18 heavy (non-hydrogen) atoms. The minimum absolute atomic E-state index is 0.0286. The SMILES string of the molecule is CCCNC(C)(CC(C)OCC(C)C)C(=O)OC. The summed E-state index contributed by atoms with van der Waals surface area (Å²) in [6, 6.07) is 0. The van der Waals surface area contributed by atoms with Crippen molar-refractivity contribution in [3.63, 3.8) is 0 Å². The highest BCUT2D eigenvalue weighted by Crippen LogP contribution is 2.17. The maximum atomic E-state index is 11.9. The molecule has 2 atom stereocenters. The zero-order valence-corrected chi connectivity index (χ0v) is 12.7. The number of carbonyl (C=O) groups is 1. The summed E-state index contributed by atoms with van der Waals surface area (Å²) in [7, 11) is 1.42. The van der Waals surface area contributed by atoms with E-state index in [0.717, 1.165) is 13.0 Å². The summed E-state index contributed by atoms with van der Waals surface area (Å²) >= 11 is 0. The predicted octanol–water partition coefficient (Wildman–Crippen LogP) is 2.37. The van der Waals surface area contributed by atoms with E-state index < -0.39 is 5.54 Å². The zero-order chi connectivity index (χ0) is 14.2. The first-order valence-electron chi connectivity index (χ1n) is 6.80. The lowest BCUT2D eigenvalue weighted by atomic mass is 9.94. The first-order chi connectivity index (χ1) is 8.35. The van der Waals surface area contributed by atoms with E-state index in [1.54, 1.807) is 0 Å². The summed E-state index contributed by atoms with van der Waals surface area (Å²) < 4.78 is 10.6. The minimum atomic E-state index is -0.666. The number of esters is 1. The first kappa shape index (κ1) is 17.4. The van der Waals surface area contributed by atoms with Gasteiger partial charge in [-0.05, 0) is 32.7 Å². The van der Waals surface area contributed by atoms with Crippen LogP contribution >= 0.6 is 0 Å². The summed E-state index contributed by atoms with van der Waals surface area (Å²) in [6.45, 7) is 11.7. The molecule has 0 rings (SSSR count). The van der Waals surface area contributed by atoms with E-state index in [2.05, 4.69) is 26.1 Å². The van der Waals surface area contributed by atoms with Crippen LogP contribution in [0.3, 0.4) is 0 Å². The van der Waals surface area contributed by atoms with Gasteiger partial charge in [-0.25, -0.2) is 0 Å². The van der Waals surface area contributed by atoms with Crippen molar-refractivity contribution in [3.05, 3.63) is 0 Å². The molecule has 0 aromatic rings. The molecule has 0 heterocycles. The molecule has 0 radical (unpaired) electrons. The number of ether oxygens (including phenoxy) is 2. The molecule has 0 aliphatic heterocycles. The van der Waals surface area contributed by atoms with Crippen molar-refractivity contribution in [2.75, 3.05) is 20.3 Å². The van der Waals surface area contributed by atoms with Crippen LogP contribution < -0.4 is 5.32 Å². The molecule has 4 heteroatoms. The van der Waals surface area contributed by atoms with Gasteiger partial charge in [0.1, 0.15) is 5.54 Å². The summed E-state index contributed by atoms with van der Waals surface area (Å²) in [6.07, 6.45) is 1.63. The molecule has 1 N–H and O–H groups in total. The van der Waals surface area contributed by atoms with Crippen LogP contribution in [0.15, 0.2) is 0 Å². The highest BCUT2D eigenvalue weighted by atomic mass is 16.5. The van der Waals surface area contributed by atoms with Crippen molar-refractivity contribution < 1.29 is 14.3 Å². The monoisotopic (exact) mass is 259 g/mol. The highest BCUT2D eigenvalue weighted by Gasteiger charge is 2.35. The van der Waals surface area contributed by atoms with Gasteiger partial charge in [0.2, 0.25) is 0 Å². The van der Waals surface area contributed by atoms with Crippen LogP contribution in [0.25, 0.3) is 0 Å². The fourth-order valence-electron chi connectivity index (χ4n) is 1.84. The fourth-order valence-corrected chi connectivity index (χ4v) is 1.84. The summed E-state index contributed by atoms with van der Waals surface area (Å²) in [5.41, 5.74) is -0.666. The average molecular weight is 259 g/mol. The Morgan fingerprint density at radius 3 is 2.39 bits per heavy atom. The Morgan fingerprint density at radius 2 is 1.94 bits per heavy atom. The van der Waals surface area contributed by atoms with Crippen molar-refractivity contribution in [3.8, 4) is 0 Å². The summed E-state index contributed by atoms with van der Waals surface area (Å²) in [4.78, 5) is 11.9. The molecular weight excluding hydrogens is 230 g/mol. The Kier molecular flexibility index (Phi) is 8.20. The Balaban J connectivity index is 4.43. The number of rotatable bonds is 9. The molecule has 0 amide bonds. The Labute approximate surface area is 111 Å². The van der Waals surface area contributed by atoms with Crippen molar-refractivity contribution in [1.82, 2.24) is 5.32 Å². The minimum Gasteiger partial charge on any atom is -0.468 e. The Morgan fingerprint density at radius 1 is 1.33 bits per heavy atom. The fraction of sp³-hybridized carbons (Fsp3) is 0.929. The molecule has 0 aromatic carbocycles. The maximum absolute atomic E-state index is 11.9. The largest absolute Gasteiger partial charge is 0.468 e. The van der Waals surface area contributed by atoms with Gasteiger partial charge in [-0.15, -0.1) is 0 Å². The van der Waals surface area contributed by atoms with E-state index in [9.17, 15) is 4.79 Å². The number of hydrogen-bond acceptors (Lipinski definition) is 4. The van der Waals surface area contributed by atoms with Gasteiger partial charge in [-0.2, -0.15) is 0 Å². The van der Waals surface area contributed by atoms with Gasteiger partial charge in [0.05, 0.1) is 13.2 Å². The van der Waals surface area contributed by atoms with Crippen molar-refractivity contribution >= 4 is 5.97 Å². The van der Waals surface area contributed by atoms with Gasteiger partial charge in [0, 0.05) is 13.0 Å². The molecular formula is C14H29NO3. The third kappa shape index (κ3) is 6.36. The Hall–Kier alpha value is -0.610. The van der Waals surface area contributed by atoms with Crippen LogP contribution in [-0.4, -0.2) is 37.9 Å². The van der Waals surface area contributed by atoms with Crippen LogP contribution in [0.2, 0.25) is 0 Å². The summed E-state index contributed by atoms with van der Waals surface area (Å²) in [5.74, 6) is 0.274. The molecule has 0 bridgehead atoms. The smallest absolute Gasteiger partial charge is 0.325 e. The van der Waals surface area contributed by atoms with Gasteiger partial charge in [0.25, 0.3) is 0 Å². The normalized spacial score (nSPS) is 16.4. The second-order valence-electron chi connectivity index (χ2n) is 5.49. The zero-order valence-electron chi connectivity index (χ0n) is 12.7. The number of hydrogen-bond donors (Lipinski definition) is 1. The molecule has 0 aliphatic rings. The van der Waals surface area contributed by atoms with Crippen molar-refractivity contribution in [2.24, 2.45) is 5.92 Å². The topological polar surface area (TPSA) is 47.6 Å². The molecule has 108 valence electrons. The van der Waals surface area contributed by atoms with E-state index in [4.69, 9.17) is 9.47 Å². The highest BCUT2D eigenvalue weighted by molar-refractivity contribution is 5.80. The van der Waals surface area contributed by atoms with Gasteiger partial charge in [0.15, 0.2) is 0 Å². The first-order valence-corrected chi connectivity index (χ1v) is 6.80. The number of methoxy groups -OCH3 is 1. The van der Waals surface area contributed by atoms with Crippen LogP contribution in [0.1, 0.15) is 47.5 Å². The lowest BCUT2D eigenvalue weighted by Gasteiger charge is -2.30.